The van der Waals surface area contributed by atoms with Gasteiger partial charge in [0.25, 0.3) is 5.91 Å². The monoisotopic (exact) mass is 584 g/mol. The Kier molecular flexibility index (Phi) is 10.6. The third kappa shape index (κ3) is 8.61. The van der Waals surface area contributed by atoms with Crippen molar-refractivity contribution in [1.29, 1.82) is 0 Å². The molecule has 196 valence electrons. The molecule has 0 radical (unpaired) electrons. The fourth-order valence-electron chi connectivity index (χ4n) is 3.98. The van der Waals surface area contributed by atoms with Crippen LogP contribution in [0, 0.1) is 19.8 Å². The third-order valence-electron chi connectivity index (χ3n) is 5.99. The van der Waals surface area contributed by atoms with Gasteiger partial charge in [0.2, 0.25) is 5.91 Å². The van der Waals surface area contributed by atoms with E-state index in [-0.39, 0.29) is 30.9 Å². The predicted molar refractivity (Wildman–Crippen MR) is 153 cm³/mol. The van der Waals surface area contributed by atoms with E-state index < -0.39 is 6.04 Å². The SMILES string of the molecule is Cc1cc(OCC(=O)N(Cc2ccc(Cl)cc2)[C@@H](Cc2ccccc2)C(=O)NCC(C)C)cc(C)c1Br. The highest BCUT2D eigenvalue weighted by atomic mass is 79.9. The van der Waals surface area contributed by atoms with E-state index in [0.29, 0.717) is 23.7 Å². The van der Waals surface area contributed by atoms with E-state index in [2.05, 4.69) is 21.2 Å². The van der Waals surface area contributed by atoms with Crippen LogP contribution in [0.5, 0.6) is 5.75 Å². The lowest BCUT2D eigenvalue weighted by atomic mass is 10.0. The summed E-state index contributed by atoms with van der Waals surface area (Å²) in [5.74, 6) is 0.444. The summed E-state index contributed by atoms with van der Waals surface area (Å²) in [7, 11) is 0. The smallest absolute Gasteiger partial charge is 0.261 e. The molecule has 7 heteroatoms. The largest absolute Gasteiger partial charge is 0.484 e. The quantitative estimate of drug-likeness (QED) is 0.279. The van der Waals surface area contributed by atoms with Crippen molar-refractivity contribution in [3.63, 3.8) is 0 Å². The molecular weight excluding hydrogens is 552 g/mol. The second kappa shape index (κ2) is 13.6. The van der Waals surface area contributed by atoms with Crippen molar-refractivity contribution < 1.29 is 14.3 Å². The minimum atomic E-state index is -0.707. The second-order valence-electron chi connectivity index (χ2n) is 9.65. The molecule has 3 aromatic carbocycles. The first kappa shape index (κ1) is 28.7. The molecule has 2 amide bonds. The van der Waals surface area contributed by atoms with Crippen molar-refractivity contribution in [2.45, 2.75) is 46.7 Å². The molecule has 0 bridgehead atoms. The zero-order valence-electron chi connectivity index (χ0n) is 21.8. The first-order chi connectivity index (χ1) is 17.6. The van der Waals surface area contributed by atoms with E-state index >= 15 is 0 Å². The number of ether oxygens (including phenoxy) is 1. The van der Waals surface area contributed by atoms with E-state index in [0.717, 1.165) is 26.7 Å². The number of halogens is 2. The van der Waals surface area contributed by atoms with Gasteiger partial charge in [-0.1, -0.05) is 83.8 Å². The number of nitrogens with zero attached hydrogens (tertiary/aromatic N) is 1. The van der Waals surface area contributed by atoms with Gasteiger partial charge in [-0.05, 0) is 66.3 Å². The molecule has 0 spiro atoms. The number of amides is 2. The van der Waals surface area contributed by atoms with Crippen LogP contribution in [-0.2, 0) is 22.6 Å². The normalized spacial score (nSPS) is 11.8. The summed E-state index contributed by atoms with van der Waals surface area (Å²) in [6, 6.07) is 20.1. The van der Waals surface area contributed by atoms with Crippen LogP contribution in [0.1, 0.15) is 36.1 Å². The van der Waals surface area contributed by atoms with Gasteiger partial charge in [-0.2, -0.15) is 0 Å². The number of nitrogens with one attached hydrogen (secondary N) is 1. The van der Waals surface area contributed by atoms with Crippen molar-refractivity contribution in [2.24, 2.45) is 5.92 Å². The molecule has 3 rings (SSSR count). The minimum Gasteiger partial charge on any atom is -0.484 e. The Morgan fingerprint density at radius 3 is 2.19 bits per heavy atom. The van der Waals surface area contributed by atoms with E-state index in [1.165, 1.54) is 0 Å². The van der Waals surface area contributed by atoms with E-state index in [1.54, 1.807) is 17.0 Å². The number of benzene rings is 3. The van der Waals surface area contributed by atoms with Crippen molar-refractivity contribution in [3.05, 3.63) is 98.5 Å². The van der Waals surface area contributed by atoms with Gasteiger partial charge in [-0.15, -0.1) is 0 Å². The highest BCUT2D eigenvalue weighted by molar-refractivity contribution is 9.10. The Morgan fingerprint density at radius 1 is 0.973 bits per heavy atom. The molecule has 37 heavy (non-hydrogen) atoms. The Balaban J connectivity index is 1.91. The summed E-state index contributed by atoms with van der Waals surface area (Å²) in [6.45, 7) is 8.64. The molecule has 0 fully saturated rings. The molecule has 3 aromatic rings. The number of rotatable bonds is 11. The summed E-state index contributed by atoms with van der Waals surface area (Å²) in [6.07, 6.45) is 0.389. The van der Waals surface area contributed by atoms with Crippen molar-refractivity contribution in [3.8, 4) is 5.75 Å². The van der Waals surface area contributed by atoms with Gasteiger partial charge in [-0.3, -0.25) is 9.59 Å². The predicted octanol–water partition coefficient (Wildman–Crippen LogP) is 6.51. The van der Waals surface area contributed by atoms with Gasteiger partial charge in [-0.25, -0.2) is 0 Å². The summed E-state index contributed by atoms with van der Waals surface area (Å²) >= 11 is 9.65. The van der Waals surface area contributed by atoms with Gasteiger partial charge >= 0.3 is 0 Å². The van der Waals surface area contributed by atoms with Crippen molar-refractivity contribution >= 4 is 39.3 Å². The number of hydrogen-bond acceptors (Lipinski definition) is 3. The third-order valence-corrected chi connectivity index (χ3v) is 7.50. The number of carbonyl (C=O) groups excluding carboxylic acids is 2. The van der Waals surface area contributed by atoms with Crippen LogP contribution in [-0.4, -0.2) is 35.9 Å². The zero-order chi connectivity index (χ0) is 26.9. The lowest BCUT2D eigenvalue weighted by molar-refractivity contribution is -0.142. The Bertz CT molecular complexity index is 1180. The molecule has 0 aliphatic rings. The fourth-order valence-corrected chi connectivity index (χ4v) is 4.34. The maximum Gasteiger partial charge on any atom is 0.261 e. The molecule has 0 aliphatic carbocycles. The van der Waals surface area contributed by atoms with Gasteiger partial charge < -0.3 is 15.0 Å². The summed E-state index contributed by atoms with van der Waals surface area (Å²) in [4.78, 5) is 28.8. The molecule has 1 N–H and O–H groups in total. The van der Waals surface area contributed by atoms with Crippen LogP contribution in [0.4, 0.5) is 0 Å². The van der Waals surface area contributed by atoms with Crippen LogP contribution < -0.4 is 10.1 Å². The van der Waals surface area contributed by atoms with Crippen molar-refractivity contribution in [2.75, 3.05) is 13.2 Å². The molecule has 0 saturated carbocycles. The Labute approximate surface area is 233 Å². The van der Waals surface area contributed by atoms with Crippen molar-refractivity contribution in [1.82, 2.24) is 10.2 Å². The Hall–Kier alpha value is -2.83. The molecule has 0 unspecified atom stereocenters. The van der Waals surface area contributed by atoms with Crippen LogP contribution in [0.25, 0.3) is 0 Å². The minimum absolute atomic E-state index is 0.184. The second-order valence-corrected chi connectivity index (χ2v) is 10.9. The fraction of sp³-hybridized carbons (Fsp3) is 0.333. The van der Waals surface area contributed by atoms with Crippen LogP contribution in [0.3, 0.4) is 0 Å². The molecule has 0 aliphatic heterocycles. The first-order valence-electron chi connectivity index (χ1n) is 12.4. The van der Waals surface area contributed by atoms with Gasteiger partial charge in [0.1, 0.15) is 11.8 Å². The number of carbonyl (C=O) groups is 2. The number of hydrogen-bond donors (Lipinski definition) is 1. The highest BCUT2D eigenvalue weighted by Crippen LogP contribution is 2.26. The molecular formula is C30H34BrClN2O3. The lowest BCUT2D eigenvalue weighted by Gasteiger charge is -2.31. The summed E-state index contributed by atoms with van der Waals surface area (Å²) in [5.41, 5.74) is 3.90. The molecule has 1 atom stereocenters. The summed E-state index contributed by atoms with van der Waals surface area (Å²) in [5, 5.41) is 3.64. The highest BCUT2D eigenvalue weighted by Gasteiger charge is 2.30. The van der Waals surface area contributed by atoms with Gasteiger partial charge in [0.05, 0.1) is 0 Å². The van der Waals surface area contributed by atoms with Gasteiger partial charge in [0.15, 0.2) is 6.61 Å². The number of aryl methyl sites for hydroxylation is 2. The average molecular weight is 586 g/mol. The Morgan fingerprint density at radius 2 is 1.59 bits per heavy atom. The molecule has 5 nitrogen and oxygen atoms in total. The summed E-state index contributed by atoms with van der Waals surface area (Å²) < 4.78 is 6.95. The zero-order valence-corrected chi connectivity index (χ0v) is 24.1. The average Bonchev–Trinajstić information content (AvgIpc) is 2.88. The van der Waals surface area contributed by atoms with E-state index in [9.17, 15) is 9.59 Å². The van der Waals surface area contributed by atoms with Crippen LogP contribution >= 0.6 is 27.5 Å². The maximum atomic E-state index is 13.7. The van der Waals surface area contributed by atoms with E-state index in [4.69, 9.17) is 16.3 Å². The van der Waals surface area contributed by atoms with E-state index in [1.807, 2.05) is 82.3 Å². The molecule has 0 saturated heterocycles. The van der Waals surface area contributed by atoms with Crippen LogP contribution in [0.15, 0.2) is 71.2 Å². The first-order valence-corrected chi connectivity index (χ1v) is 13.6. The standard InChI is InChI=1S/C30H34BrClN2O3/c1-20(2)17-33-30(36)27(16-23-8-6-5-7-9-23)34(18-24-10-12-25(32)13-11-24)28(35)19-37-26-14-21(3)29(31)22(4)15-26/h5-15,20,27H,16-19H2,1-4H3,(H,33,36)/t27-/m0/s1. The topological polar surface area (TPSA) is 58.6 Å². The molecule has 0 heterocycles. The maximum absolute atomic E-state index is 13.7. The van der Waals surface area contributed by atoms with Gasteiger partial charge in [0, 0.05) is 29.0 Å². The van der Waals surface area contributed by atoms with Crippen LogP contribution in [0.2, 0.25) is 5.02 Å². The molecule has 0 aromatic heterocycles. The lowest BCUT2D eigenvalue weighted by Crippen LogP contribution is -2.52.